The first-order valence-corrected chi connectivity index (χ1v) is 4.85. The molecule has 0 saturated carbocycles. The van der Waals surface area contributed by atoms with Gasteiger partial charge in [-0.3, -0.25) is 4.57 Å². The molecular formula is C9H8BrN3O. The highest BCUT2D eigenvalue weighted by atomic mass is 79.9. The van der Waals surface area contributed by atoms with Gasteiger partial charge in [0.25, 0.3) is 0 Å². The first kappa shape index (κ1) is 9.36. The lowest BCUT2D eigenvalue weighted by molar-refractivity contribution is 0.281. The van der Waals surface area contributed by atoms with E-state index < -0.39 is 0 Å². The molecule has 0 spiro atoms. The summed E-state index contributed by atoms with van der Waals surface area (Å²) in [5, 5.41) is 16.5. The third kappa shape index (κ3) is 1.69. The number of hydrogen-bond acceptors (Lipinski definition) is 3. The Morgan fingerprint density at radius 3 is 2.64 bits per heavy atom. The third-order valence-electron chi connectivity index (χ3n) is 1.92. The van der Waals surface area contributed by atoms with Crippen LogP contribution in [0, 0.1) is 0 Å². The molecule has 0 fully saturated rings. The highest BCUT2D eigenvalue weighted by Gasteiger charge is 2.01. The van der Waals surface area contributed by atoms with Crippen molar-refractivity contribution in [3.05, 3.63) is 40.9 Å². The van der Waals surface area contributed by atoms with E-state index in [9.17, 15) is 0 Å². The first-order valence-electron chi connectivity index (χ1n) is 4.05. The predicted molar refractivity (Wildman–Crippen MR) is 55.0 cm³/mol. The van der Waals surface area contributed by atoms with Crippen LogP contribution in [-0.2, 0) is 6.61 Å². The van der Waals surface area contributed by atoms with Gasteiger partial charge in [0.05, 0.1) is 6.61 Å². The van der Waals surface area contributed by atoms with Gasteiger partial charge in [-0.05, 0) is 23.8 Å². The van der Waals surface area contributed by atoms with Crippen molar-refractivity contribution < 1.29 is 5.11 Å². The molecule has 1 aromatic heterocycles. The van der Waals surface area contributed by atoms with Crippen LogP contribution >= 0.6 is 15.9 Å². The van der Waals surface area contributed by atoms with Crippen LogP contribution in [0.25, 0.3) is 5.69 Å². The minimum Gasteiger partial charge on any atom is -0.392 e. The van der Waals surface area contributed by atoms with Crippen molar-refractivity contribution in [3.63, 3.8) is 0 Å². The van der Waals surface area contributed by atoms with E-state index in [2.05, 4.69) is 26.1 Å². The molecule has 4 nitrogen and oxygen atoms in total. The average Bonchev–Trinajstić information content (AvgIpc) is 2.71. The van der Waals surface area contributed by atoms with Gasteiger partial charge in [0.15, 0.2) is 0 Å². The Bertz CT molecular complexity index is 428. The molecule has 72 valence electrons. The Kier molecular flexibility index (Phi) is 2.60. The van der Waals surface area contributed by atoms with Crippen LogP contribution < -0.4 is 0 Å². The van der Waals surface area contributed by atoms with Crippen molar-refractivity contribution in [1.29, 1.82) is 0 Å². The summed E-state index contributed by atoms with van der Waals surface area (Å²) in [5.41, 5.74) is 1.78. The highest BCUT2D eigenvalue weighted by molar-refractivity contribution is 9.10. The topological polar surface area (TPSA) is 50.9 Å². The summed E-state index contributed by atoms with van der Waals surface area (Å²) in [7, 11) is 0. The van der Waals surface area contributed by atoms with Crippen molar-refractivity contribution in [3.8, 4) is 5.69 Å². The van der Waals surface area contributed by atoms with E-state index in [1.807, 2.05) is 18.2 Å². The highest BCUT2D eigenvalue weighted by Crippen LogP contribution is 2.20. The molecule has 0 amide bonds. The smallest absolute Gasteiger partial charge is 0.123 e. The molecule has 5 heteroatoms. The average molecular weight is 254 g/mol. The Hall–Kier alpha value is -1.20. The van der Waals surface area contributed by atoms with Crippen LogP contribution in [-0.4, -0.2) is 19.9 Å². The summed E-state index contributed by atoms with van der Waals surface area (Å²) in [6.45, 7) is 0.0105. The maximum atomic E-state index is 9.07. The van der Waals surface area contributed by atoms with Gasteiger partial charge in [0.2, 0.25) is 0 Å². The van der Waals surface area contributed by atoms with E-state index in [1.165, 1.54) is 0 Å². The van der Waals surface area contributed by atoms with Gasteiger partial charge in [-0.25, -0.2) is 0 Å². The Labute approximate surface area is 89.3 Å². The molecule has 14 heavy (non-hydrogen) atoms. The SMILES string of the molecule is OCc1cc(-n2cnnc2)ccc1Br. The molecule has 0 radical (unpaired) electrons. The van der Waals surface area contributed by atoms with Gasteiger partial charge < -0.3 is 5.11 Å². The van der Waals surface area contributed by atoms with Crippen LogP contribution in [0.1, 0.15) is 5.56 Å². The lowest BCUT2D eigenvalue weighted by Crippen LogP contribution is -1.93. The van der Waals surface area contributed by atoms with Gasteiger partial charge in [-0.1, -0.05) is 15.9 Å². The molecule has 2 aromatic rings. The molecular weight excluding hydrogens is 246 g/mol. The molecule has 1 N–H and O–H groups in total. The van der Waals surface area contributed by atoms with Crippen molar-refractivity contribution >= 4 is 15.9 Å². The molecule has 0 atom stereocenters. The number of nitrogens with zero attached hydrogens (tertiary/aromatic N) is 3. The maximum absolute atomic E-state index is 9.07. The van der Waals surface area contributed by atoms with E-state index >= 15 is 0 Å². The van der Waals surface area contributed by atoms with Gasteiger partial charge in [0.1, 0.15) is 12.7 Å². The summed E-state index contributed by atoms with van der Waals surface area (Å²) >= 11 is 3.35. The Balaban J connectivity index is 2.46. The molecule has 1 heterocycles. The molecule has 1 aromatic carbocycles. The minimum atomic E-state index is 0.0105. The van der Waals surface area contributed by atoms with Crippen molar-refractivity contribution in [1.82, 2.24) is 14.8 Å². The van der Waals surface area contributed by atoms with Gasteiger partial charge in [-0.2, -0.15) is 0 Å². The fraction of sp³-hybridized carbons (Fsp3) is 0.111. The van der Waals surface area contributed by atoms with Gasteiger partial charge >= 0.3 is 0 Å². The zero-order valence-electron chi connectivity index (χ0n) is 7.26. The fourth-order valence-corrected chi connectivity index (χ4v) is 1.55. The van der Waals surface area contributed by atoms with E-state index in [0.29, 0.717) is 0 Å². The normalized spacial score (nSPS) is 10.4. The predicted octanol–water partition coefficient (Wildman–Crippen LogP) is 1.52. The van der Waals surface area contributed by atoms with Crippen LogP contribution in [0.15, 0.2) is 35.3 Å². The molecule has 2 rings (SSSR count). The number of aliphatic hydroxyl groups is 1. The van der Waals surface area contributed by atoms with Gasteiger partial charge in [-0.15, -0.1) is 10.2 Å². The molecule has 0 saturated heterocycles. The monoisotopic (exact) mass is 253 g/mol. The fourth-order valence-electron chi connectivity index (χ4n) is 1.18. The van der Waals surface area contributed by atoms with E-state index in [1.54, 1.807) is 17.2 Å². The van der Waals surface area contributed by atoms with Crippen molar-refractivity contribution in [2.75, 3.05) is 0 Å². The second-order valence-corrected chi connectivity index (χ2v) is 3.66. The largest absolute Gasteiger partial charge is 0.392 e. The first-order chi connectivity index (χ1) is 6.81. The van der Waals surface area contributed by atoms with Crippen LogP contribution in [0.3, 0.4) is 0 Å². The number of hydrogen-bond donors (Lipinski definition) is 1. The zero-order chi connectivity index (χ0) is 9.97. The maximum Gasteiger partial charge on any atom is 0.123 e. The van der Waals surface area contributed by atoms with Gasteiger partial charge in [0, 0.05) is 10.2 Å². The molecule has 0 unspecified atom stereocenters. The summed E-state index contributed by atoms with van der Waals surface area (Å²) < 4.78 is 2.68. The van der Waals surface area contributed by atoms with E-state index in [0.717, 1.165) is 15.7 Å². The summed E-state index contributed by atoms with van der Waals surface area (Å²) in [4.78, 5) is 0. The quantitative estimate of drug-likeness (QED) is 0.883. The number of aliphatic hydroxyl groups excluding tert-OH is 1. The van der Waals surface area contributed by atoms with E-state index in [4.69, 9.17) is 5.11 Å². The molecule has 0 aliphatic heterocycles. The van der Waals surface area contributed by atoms with E-state index in [-0.39, 0.29) is 6.61 Å². The number of aromatic nitrogens is 3. The minimum absolute atomic E-state index is 0.0105. The number of halogens is 1. The number of benzene rings is 1. The zero-order valence-corrected chi connectivity index (χ0v) is 8.85. The molecule has 0 bridgehead atoms. The second-order valence-electron chi connectivity index (χ2n) is 2.80. The van der Waals surface area contributed by atoms with Crippen LogP contribution in [0.2, 0.25) is 0 Å². The molecule has 0 aliphatic rings. The molecule has 0 aliphatic carbocycles. The van der Waals surface area contributed by atoms with Crippen LogP contribution in [0.4, 0.5) is 0 Å². The lowest BCUT2D eigenvalue weighted by atomic mass is 10.2. The summed E-state index contributed by atoms with van der Waals surface area (Å²) in [6, 6.07) is 5.70. The van der Waals surface area contributed by atoms with Crippen LogP contribution in [0.5, 0.6) is 0 Å². The summed E-state index contributed by atoms with van der Waals surface area (Å²) in [5.74, 6) is 0. The van der Waals surface area contributed by atoms with Crippen molar-refractivity contribution in [2.24, 2.45) is 0 Å². The lowest BCUT2D eigenvalue weighted by Gasteiger charge is -2.05. The summed E-state index contributed by atoms with van der Waals surface area (Å²) in [6.07, 6.45) is 3.23. The number of rotatable bonds is 2. The third-order valence-corrected chi connectivity index (χ3v) is 2.69. The second kappa shape index (κ2) is 3.89. The Morgan fingerprint density at radius 1 is 1.29 bits per heavy atom. The van der Waals surface area contributed by atoms with Crippen molar-refractivity contribution in [2.45, 2.75) is 6.61 Å². The Morgan fingerprint density at radius 2 is 2.00 bits per heavy atom. The standard InChI is InChI=1S/C9H8BrN3O/c10-9-2-1-8(3-7(9)4-14)13-5-11-12-6-13/h1-3,5-6,14H,4H2.